The second-order valence-corrected chi connectivity index (χ2v) is 8.70. The zero-order valence-electron chi connectivity index (χ0n) is 14.4. The normalized spacial score (nSPS) is 18.7. The first kappa shape index (κ1) is 19.9. The first-order valence-corrected chi connectivity index (χ1v) is 9.82. The van der Waals surface area contributed by atoms with E-state index < -0.39 is 45.2 Å². The summed E-state index contributed by atoms with van der Waals surface area (Å²) in [5.41, 5.74) is 0. The highest BCUT2D eigenvalue weighted by molar-refractivity contribution is 7.91. The molecule has 1 aromatic rings. The second-order valence-electron chi connectivity index (χ2n) is 6.47. The van der Waals surface area contributed by atoms with Gasteiger partial charge in [0.2, 0.25) is 5.76 Å². The number of hydrogen-bond donors (Lipinski definition) is 0. The summed E-state index contributed by atoms with van der Waals surface area (Å²) in [5.74, 6) is -2.50. The lowest BCUT2D eigenvalue weighted by Crippen LogP contribution is -2.45. The van der Waals surface area contributed by atoms with Crippen LogP contribution in [0.25, 0.3) is 0 Å². The molecule has 0 N–H and O–H groups in total. The fourth-order valence-corrected chi connectivity index (χ4v) is 4.42. The predicted octanol–water partition coefficient (Wildman–Crippen LogP) is 1.02. The third kappa shape index (κ3) is 5.04. The van der Waals surface area contributed by atoms with Crippen LogP contribution in [0, 0.1) is 16.0 Å². The van der Waals surface area contributed by atoms with Gasteiger partial charge in [0, 0.05) is 12.6 Å². The second kappa shape index (κ2) is 7.85. The summed E-state index contributed by atoms with van der Waals surface area (Å²) < 4.78 is 32.9. The minimum atomic E-state index is -3.17. The van der Waals surface area contributed by atoms with Crippen LogP contribution < -0.4 is 0 Å². The van der Waals surface area contributed by atoms with Crippen molar-refractivity contribution in [3.8, 4) is 0 Å². The summed E-state index contributed by atoms with van der Waals surface area (Å²) in [6.07, 6.45) is 0.346. The average molecular weight is 388 g/mol. The van der Waals surface area contributed by atoms with Gasteiger partial charge >= 0.3 is 11.9 Å². The van der Waals surface area contributed by atoms with E-state index in [-0.39, 0.29) is 23.2 Å². The van der Waals surface area contributed by atoms with Crippen molar-refractivity contribution in [2.24, 2.45) is 5.92 Å². The van der Waals surface area contributed by atoms with Crippen LogP contribution >= 0.6 is 0 Å². The van der Waals surface area contributed by atoms with Gasteiger partial charge in [-0.3, -0.25) is 14.9 Å². The lowest BCUT2D eigenvalue weighted by molar-refractivity contribution is -0.402. The molecule has 1 aliphatic rings. The van der Waals surface area contributed by atoms with Crippen molar-refractivity contribution in [1.29, 1.82) is 0 Å². The van der Waals surface area contributed by atoms with Crippen molar-refractivity contribution in [2.75, 3.05) is 24.7 Å². The first-order chi connectivity index (χ1) is 12.1. The quantitative estimate of drug-likeness (QED) is 0.383. The molecular formula is C15H20N2O8S. The molecule has 10 nitrogen and oxygen atoms in total. The summed E-state index contributed by atoms with van der Waals surface area (Å²) in [5, 5.41) is 10.5. The number of carbonyl (C=O) groups excluding carboxylic acids is 2. The van der Waals surface area contributed by atoms with Crippen molar-refractivity contribution in [1.82, 2.24) is 4.90 Å². The van der Waals surface area contributed by atoms with Crippen molar-refractivity contribution < 1.29 is 32.1 Å². The number of hydrogen-bond acceptors (Lipinski definition) is 8. The van der Waals surface area contributed by atoms with Crippen LogP contribution in [-0.2, 0) is 19.4 Å². The van der Waals surface area contributed by atoms with Gasteiger partial charge in [-0.05, 0) is 18.4 Å². The van der Waals surface area contributed by atoms with Gasteiger partial charge < -0.3 is 14.1 Å². The van der Waals surface area contributed by atoms with E-state index in [0.717, 1.165) is 12.1 Å². The van der Waals surface area contributed by atoms with Crippen molar-refractivity contribution in [2.45, 2.75) is 26.3 Å². The molecular weight excluding hydrogens is 368 g/mol. The number of nitrogens with zero attached hydrogens (tertiary/aromatic N) is 2. The SMILES string of the molecule is CC(C)CN(C(=O)COC(=O)c1ccc([N+](=O)[O-])o1)[C@@H]1CCS(=O)(=O)C1. The van der Waals surface area contributed by atoms with Gasteiger partial charge in [0.1, 0.15) is 4.92 Å². The van der Waals surface area contributed by atoms with Crippen molar-refractivity contribution >= 4 is 27.6 Å². The van der Waals surface area contributed by atoms with Crippen LogP contribution in [0.5, 0.6) is 0 Å². The van der Waals surface area contributed by atoms with Gasteiger partial charge in [0.05, 0.1) is 17.6 Å². The molecule has 1 atom stereocenters. The Morgan fingerprint density at radius 3 is 2.62 bits per heavy atom. The summed E-state index contributed by atoms with van der Waals surface area (Å²) >= 11 is 0. The number of amides is 1. The predicted molar refractivity (Wildman–Crippen MR) is 89.3 cm³/mol. The number of rotatable bonds is 7. The first-order valence-electron chi connectivity index (χ1n) is 8.00. The molecule has 0 saturated carbocycles. The number of sulfone groups is 1. The molecule has 144 valence electrons. The fourth-order valence-electron chi connectivity index (χ4n) is 2.69. The maximum absolute atomic E-state index is 12.4. The monoisotopic (exact) mass is 388 g/mol. The minimum absolute atomic E-state index is 0.0232. The molecule has 2 rings (SSSR count). The molecule has 1 fully saturated rings. The Morgan fingerprint density at radius 2 is 2.12 bits per heavy atom. The zero-order valence-corrected chi connectivity index (χ0v) is 15.2. The van der Waals surface area contributed by atoms with E-state index in [9.17, 15) is 28.1 Å². The zero-order chi connectivity index (χ0) is 19.5. The van der Waals surface area contributed by atoms with E-state index in [1.165, 1.54) is 4.90 Å². The standard InChI is InChI=1S/C15H20N2O8S/c1-10(2)7-16(11-5-6-26(22,23)9-11)13(18)8-24-15(19)12-3-4-14(25-12)17(20)21/h3-4,10-11H,5-9H2,1-2H3/t11-/m1/s1. The summed E-state index contributed by atoms with van der Waals surface area (Å²) in [4.78, 5) is 35.5. The van der Waals surface area contributed by atoms with E-state index >= 15 is 0 Å². The highest BCUT2D eigenvalue weighted by Crippen LogP contribution is 2.20. The third-order valence-corrected chi connectivity index (χ3v) is 5.58. The molecule has 26 heavy (non-hydrogen) atoms. The molecule has 0 aromatic carbocycles. The van der Waals surface area contributed by atoms with E-state index in [1.807, 2.05) is 13.8 Å². The van der Waals surface area contributed by atoms with E-state index in [4.69, 9.17) is 9.15 Å². The molecule has 1 aromatic heterocycles. The third-order valence-electron chi connectivity index (χ3n) is 3.83. The van der Waals surface area contributed by atoms with Gasteiger partial charge in [-0.15, -0.1) is 0 Å². The smallest absolute Gasteiger partial charge is 0.433 e. The Labute approximate surface area is 150 Å². The number of nitro groups is 1. The van der Waals surface area contributed by atoms with Crippen LogP contribution in [0.1, 0.15) is 30.8 Å². The van der Waals surface area contributed by atoms with Crippen LogP contribution in [0.2, 0.25) is 0 Å². The highest BCUT2D eigenvalue weighted by atomic mass is 32.2. The Balaban J connectivity index is 1.99. The summed E-state index contributed by atoms with van der Waals surface area (Å²) in [6.45, 7) is 3.51. The Morgan fingerprint density at radius 1 is 1.42 bits per heavy atom. The topological polar surface area (TPSA) is 137 Å². The lowest BCUT2D eigenvalue weighted by atomic mass is 10.1. The molecule has 0 spiro atoms. The van der Waals surface area contributed by atoms with Crippen LogP contribution in [0.15, 0.2) is 16.5 Å². The van der Waals surface area contributed by atoms with Gasteiger partial charge in [0.15, 0.2) is 16.4 Å². The highest BCUT2D eigenvalue weighted by Gasteiger charge is 2.35. The van der Waals surface area contributed by atoms with Gasteiger partial charge in [-0.25, -0.2) is 13.2 Å². The number of ether oxygens (including phenoxy) is 1. The molecule has 0 aliphatic carbocycles. The van der Waals surface area contributed by atoms with Crippen molar-refractivity contribution in [3.63, 3.8) is 0 Å². The van der Waals surface area contributed by atoms with Gasteiger partial charge in [0.25, 0.3) is 5.91 Å². The lowest BCUT2D eigenvalue weighted by Gasteiger charge is -2.29. The van der Waals surface area contributed by atoms with Crippen molar-refractivity contribution in [3.05, 3.63) is 28.0 Å². The largest absolute Gasteiger partial charge is 0.450 e. The molecule has 0 bridgehead atoms. The van der Waals surface area contributed by atoms with Crippen LogP contribution in [-0.4, -0.2) is 60.8 Å². The summed E-state index contributed by atoms with van der Waals surface area (Å²) in [7, 11) is -3.17. The minimum Gasteiger partial charge on any atom is -0.450 e. The molecule has 0 radical (unpaired) electrons. The average Bonchev–Trinajstić information content (AvgIpc) is 3.16. The van der Waals surface area contributed by atoms with E-state index in [2.05, 4.69) is 0 Å². The van der Waals surface area contributed by atoms with Gasteiger partial charge in [-0.1, -0.05) is 13.8 Å². The van der Waals surface area contributed by atoms with Crippen LogP contribution in [0.3, 0.4) is 0 Å². The molecule has 1 amide bonds. The number of carbonyl (C=O) groups is 2. The molecule has 0 unspecified atom stereocenters. The molecule has 2 heterocycles. The molecule has 1 saturated heterocycles. The fraction of sp³-hybridized carbons (Fsp3) is 0.600. The Kier molecular flexibility index (Phi) is 6.01. The van der Waals surface area contributed by atoms with E-state index in [1.54, 1.807) is 0 Å². The Bertz CT molecular complexity index is 798. The van der Waals surface area contributed by atoms with Crippen LogP contribution in [0.4, 0.5) is 5.88 Å². The summed E-state index contributed by atoms with van der Waals surface area (Å²) in [6, 6.07) is 1.64. The molecule has 11 heteroatoms. The van der Waals surface area contributed by atoms with Gasteiger partial charge in [-0.2, -0.15) is 0 Å². The molecule has 1 aliphatic heterocycles. The maximum Gasteiger partial charge on any atom is 0.433 e. The number of furan rings is 1. The maximum atomic E-state index is 12.4. The Hall–Kier alpha value is -2.43. The number of esters is 1. The van der Waals surface area contributed by atoms with E-state index in [0.29, 0.717) is 13.0 Å².